The number of rotatable bonds is 7. The summed E-state index contributed by atoms with van der Waals surface area (Å²) in [6.45, 7) is 1.86. The van der Waals surface area contributed by atoms with Gasteiger partial charge in [-0.3, -0.25) is 9.59 Å². The van der Waals surface area contributed by atoms with Crippen LogP contribution in [0, 0.1) is 0 Å². The van der Waals surface area contributed by atoms with Crippen LogP contribution in [-0.2, 0) is 16.6 Å². The summed E-state index contributed by atoms with van der Waals surface area (Å²) in [7, 11) is -3.61. The Kier molecular flexibility index (Phi) is 5.90. The van der Waals surface area contributed by atoms with Crippen LogP contribution in [0.4, 0.5) is 0 Å². The minimum absolute atomic E-state index is 0.0844. The van der Waals surface area contributed by atoms with Crippen molar-refractivity contribution in [2.75, 3.05) is 19.6 Å². The largest absolute Gasteiger partial charge is 0.351 e. The van der Waals surface area contributed by atoms with Crippen molar-refractivity contribution in [3.8, 4) is 0 Å². The van der Waals surface area contributed by atoms with Gasteiger partial charge in [-0.05, 0) is 36.8 Å². The van der Waals surface area contributed by atoms with Crippen LogP contribution in [0.1, 0.15) is 28.9 Å². The van der Waals surface area contributed by atoms with Crippen molar-refractivity contribution in [2.45, 2.75) is 30.7 Å². The highest BCUT2D eigenvalue weighted by molar-refractivity contribution is 7.89. The first-order chi connectivity index (χ1) is 12.5. The molecule has 3 heterocycles. The van der Waals surface area contributed by atoms with E-state index in [2.05, 4.69) is 5.32 Å². The number of sulfonamides is 1. The van der Waals surface area contributed by atoms with Crippen LogP contribution in [-0.4, -0.2) is 42.8 Å². The summed E-state index contributed by atoms with van der Waals surface area (Å²) in [5.74, 6) is -0.391. The Morgan fingerprint density at radius 3 is 2.69 bits per heavy atom. The fourth-order valence-electron chi connectivity index (χ4n) is 2.91. The van der Waals surface area contributed by atoms with E-state index in [0.29, 0.717) is 32.6 Å². The molecule has 0 aromatic carbocycles. The van der Waals surface area contributed by atoms with Gasteiger partial charge in [0.05, 0.1) is 0 Å². The second-order valence-corrected chi connectivity index (χ2v) is 8.89. The SMILES string of the molecule is O=C(NCCCn1ccccc1=O)c1sccc1S(=O)(=O)N1CCCC1. The number of nitrogens with one attached hydrogen (secondary N) is 1. The maximum atomic E-state index is 12.7. The molecule has 140 valence electrons. The molecule has 0 unspecified atom stereocenters. The summed E-state index contributed by atoms with van der Waals surface area (Å²) >= 11 is 1.13. The maximum Gasteiger partial charge on any atom is 0.262 e. The quantitative estimate of drug-likeness (QED) is 0.720. The Bertz CT molecular complexity index is 927. The number of hydrogen-bond acceptors (Lipinski definition) is 5. The number of amides is 1. The van der Waals surface area contributed by atoms with Crippen molar-refractivity contribution in [1.29, 1.82) is 0 Å². The van der Waals surface area contributed by atoms with Crippen molar-refractivity contribution >= 4 is 27.3 Å². The van der Waals surface area contributed by atoms with E-state index < -0.39 is 15.9 Å². The van der Waals surface area contributed by atoms with Crippen LogP contribution in [0.2, 0.25) is 0 Å². The molecule has 0 saturated carbocycles. The van der Waals surface area contributed by atoms with E-state index in [1.165, 1.54) is 16.4 Å². The van der Waals surface area contributed by atoms with E-state index in [-0.39, 0.29) is 15.3 Å². The molecule has 0 spiro atoms. The first-order valence-electron chi connectivity index (χ1n) is 8.51. The van der Waals surface area contributed by atoms with Crippen molar-refractivity contribution in [3.05, 3.63) is 51.1 Å². The molecule has 3 rings (SSSR count). The van der Waals surface area contributed by atoms with Gasteiger partial charge in [-0.1, -0.05) is 6.07 Å². The lowest BCUT2D eigenvalue weighted by Gasteiger charge is -2.15. The molecule has 0 atom stereocenters. The predicted molar refractivity (Wildman–Crippen MR) is 100.0 cm³/mol. The molecule has 2 aromatic heterocycles. The minimum atomic E-state index is -3.61. The number of thiophene rings is 1. The number of pyridine rings is 1. The fraction of sp³-hybridized carbons (Fsp3) is 0.412. The molecule has 1 N–H and O–H groups in total. The molecule has 1 amide bonds. The van der Waals surface area contributed by atoms with Crippen molar-refractivity contribution in [2.24, 2.45) is 0 Å². The van der Waals surface area contributed by atoms with Crippen molar-refractivity contribution < 1.29 is 13.2 Å². The third kappa shape index (κ3) is 4.05. The maximum absolute atomic E-state index is 12.7. The molecular weight excluding hydrogens is 374 g/mol. The normalized spacial score (nSPS) is 15.2. The molecule has 0 radical (unpaired) electrons. The zero-order chi connectivity index (χ0) is 18.6. The van der Waals surface area contributed by atoms with Gasteiger partial charge in [-0.2, -0.15) is 4.31 Å². The second kappa shape index (κ2) is 8.15. The van der Waals surface area contributed by atoms with E-state index in [1.54, 1.807) is 28.3 Å². The highest BCUT2D eigenvalue weighted by Crippen LogP contribution is 2.27. The van der Waals surface area contributed by atoms with Crippen molar-refractivity contribution in [1.82, 2.24) is 14.2 Å². The van der Waals surface area contributed by atoms with E-state index in [4.69, 9.17) is 0 Å². The summed E-state index contributed by atoms with van der Waals surface area (Å²) < 4.78 is 28.4. The second-order valence-electron chi connectivity index (χ2n) is 6.07. The summed E-state index contributed by atoms with van der Waals surface area (Å²) in [4.78, 5) is 24.3. The van der Waals surface area contributed by atoms with Crippen molar-refractivity contribution in [3.63, 3.8) is 0 Å². The zero-order valence-electron chi connectivity index (χ0n) is 14.3. The highest BCUT2D eigenvalue weighted by atomic mass is 32.2. The lowest BCUT2D eigenvalue weighted by Crippen LogP contribution is -2.31. The van der Waals surface area contributed by atoms with Gasteiger partial charge in [0, 0.05) is 38.4 Å². The Labute approximate surface area is 156 Å². The topological polar surface area (TPSA) is 88.5 Å². The number of hydrogen-bond donors (Lipinski definition) is 1. The molecule has 1 aliphatic heterocycles. The molecule has 1 fully saturated rings. The molecular formula is C17H21N3O4S2. The van der Waals surface area contributed by atoms with E-state index >= 15 is 0 Å². The van der Waals surface area contributed by atoms with Crippen LogP contribution >= 0.6 is 11.3 Å². The van der Waals surface area contributed by atoms with Gasteiger partial charge in [0.2, 0.25) is 15.6 Å². The standard InChI is InChI=1S/C17H21N3O4S2/c21-15-6-1-2-9-19(15)10-5-8-18-17(22)16-14(7-13-25-16)26(23,24)20-11-3-4-12-20/h1-2,6-7,9,13H,3-5,8,10-12H2,(H,18,22). The lowest BCUT2D eigenvalue weighted by atomic mass is 10.3. The van der Waals surface area contributed by atoms with Gasteiger partial charge >= 0.3 is 0 Å². The van der Waals surface area contributed by atoms with Gasteiger partial charge in [0.25, 0.3) is 5.91 Å². The zero-order valence-corrected chi connectivity index (χ0v) is 15.9. The first kappa shape index (κ1) is 18.8. The number of carbonyl (C=O) groups is 1. The van der Waals surface area contributed by atoms with Gasteiger partial charge in [-0.25, -0.2) is 8.42 Å². The summed E-state index contributed by atoms with van der Waals surface area (Å²) in [5.41, 5.74) is -0.0870. The monoisotopic (exact) mass is 395 g/mol. The van der Waals surface area contributed by atoms with Gasteiger partial charge in [-0.15, -0.1) is 11.3 Å². The number of nitrogens with zero attached hydrogens (tertiary/aromatic N) is 2. The summed E-state index contributed by atoms with van der Waals surface area (Å²) in [5, 5.41) is 4.38. The van der Waals surface area contributed by atoms with E-state index in [9.17, 15) is 18.0 Å². The average molecular weight is 396 g/mol. The Hall–Kier alpha value is -1.97. The third-order valence-electron chi connectivity index (χ3n) is 4.28. The van der Waals surface area contributed by atoms with E-state index in [0.717, 1.165) is 24.2 Å². The highest BCUT2D eigenvalue weighted by Gasteiger charge is 2.31. The average Bonchev–Trinajstić information content (AvgIpc) is 3.31. The van der Waals surface area contributed by atoms with Gasteiger partial charge in [0.1, 0.15) is 9.77 Å². The summed E-state index contributed by atoms with van der Waals surface area (Å²) in [6.07, 6.45) is 3.98. The molecule has 1 aliphatic rings. The predicted octanol–water partition coefficient (Wildman–Crippen LogP) is 1.51. The van der Waals surface area contributed by atoms with Gasteiger partial charge in [0.15, 0.2) is 0 Å². The number of aryl methyl sites for hydroxylation is 1. The molecule has 2 aromatic rings. The molecule has 26 heavy (non-hydrogen) atoms. The van der Waals surface area contributed by atoms with Crippen LogP contribution in [0.5, 0.6) is 0 Å². The summed E-state index contributed by atoms with van der Waals surface area (Å²) in [6, 6.07) is 6.44. The molecule has 7 nitrogen and oxygen atoms in total. The number of carbonyl (C=O) groups excluding carboxylic acids is 1. The molecule has 0 aliphatic carbocycles. The Morgan fingerprint density at radius 2 is 1.96 bits per heavy atom. The van der Waals surface area contributed by atoms with Crippen LogP contribution in [0.25, 0.3) is 0 Å². The first-order valence-corrected chi connectivity index (χ1v) is 10.8. The van der Waals surface area contributed by atoms with E-state index in [1.807, 2.05) is 0 Å². The van der Waals surface area contributed by atoms with Crippen LogP contribution in [0.3, 0.4) is 0 Å². The molecule has 9 heteroatoms. The molecule has 0 bridgehead atoms. The third-order valence-corrected chi connectivity index (χ3v) is 7.26. The van der Waals surface area contributed by atoms with Crippen LogP contribution < -0.4 is 10.9 Å². The molecule has 1 saturated heterocycles. The Balaban J connectivity index is 1.60. The van der Waals surface area contributed by atoms with Crippen LogP contribution in [0.15, 0.2) is 45.5 Å². The minimum Gasteiger partial charge on any atom is -0.351 e. The van der Waals surface area contributed by atoms with Gasteiger partial charge < -0.3 is 9.88 Å². The smallest absolute Gasteiger partial charge is 0.262 e. The number of aromatic nitrogens is 1. The lowest BCUT2D eigenvalue weighted by molar-refractivity contribution is 0.0953. The Morgan fingerprint density at radius 1 is 1.19 bits per heavy atom. The fourth-order valence-corrected chi connectivity index (χ4v) is 5.74.